The predicted molar refractivity (Wildman–Crippen MR) is 149 cm³/mol. The summed E-state index contributed by atoms with van der Waals surface area (Å²) >= 11 is 0. The minimum Gasteiger partial charge on any atom is -0.444 e. The fourth-order valence-corrected chi connectivity index (χ4v) is 4.37. The van der Waals surface area contributed by atoms with Crippen LogP contribution in [0.15, 0.2) is 91.0 Å². The van der Waals surface area contributed by atoms with Crippen molar-refractivity contribution < 1.29 is 28.8 Å². The number of amides is 1. The van der Waals surface area contributed by atoms with Gasteiger partial charge in [0.1, 0.15) is 23.9 Å². The van der Waals surface area contributed by atoms with Gasteiger partial charge in [-0.15, -0.1) is 0 Å². The molecule has 7 heteroatoms. The highest BCUT2D eigenvalue weighted by molar-refractivity contribution is 5.71. The molecule has 4 rings (SSSR count). The number of hydrogen-bond donors (Lipinski definition) is 1. The molecule has 1 aliphatic rings. The standard InChI is InChI=1S/C32H39NO6/c1-32(2,3)39-31(35)33-19-27(33)29(37-22-25-15-9-5-10-16-25)30(38-23-26-17-11-6-12-18-26)28(20-34)36-21-24-13-7-4-8-14-24/h4-18,27-30,34H,19-23H2,1-3H3/t27?,28-,29+,30+,33?/m0/s1. The third-order valence-corrected chi connectivity index (χ3v) is 6.41. The predicted octanol–water partition coefficient (Wildman–Crippen LogP) is 5.35. The number of rotatable bonds is 13. The molecule has 1 aliphatic heterocycles. The molecular formula is C32H39NO6. The first kappa shape index (κ1) is 28.8. The minimum atomic E-state index is -0.684. The van der Waals surface area contributed by atoms with Crippen LogP contribution in [0.1, 0.15) is 37.5 Å². The maximum Gasteiger partial charge on any atom is 0.410 e. The Morgan fingerprint density at radius 3 is 1.72 bits per heavy atom. The third-order valence-electron chi connectivity index (χ3n) is 6.41. The van der Waals surface area contributed by atoms with Crippen molar-refractivity contribution in [2.45, 2.75) is 70.5 Å². The van der Waals surface area contributed by atoms with Crippen molar-refractivity contribution >= 4 is 6.09 Å². The lowest BCUT2D eigenvalue weighted by Gasteiger charge is -2.33. The highest BCUT2D eigenvalue weighted by Gasteiger charge is 2.51. The van der Waals surface area contributed by atoms with Gasteiger partial charge in [0.25, 0.3) is 0 Å². The number of nitrogens with zero attached hydrogens (tertiary/aromatic N) is 1. The maximum atomic E-state index is 12.9. The summed E-state index contributed by atoms with van der Waals surface area (Å²) < 4.78 is 24.8. The molecule has 0 radical (unpaired) electrons. The Labute approximate surface area is 231 Å². The third kappa shape index (κ3) is 8.90. The number of hydrogen-bond acceptors (Lipinski definition) is 6. The highest BCUT2D eigenvalue weighted by atomic mass is 16.6. The summed E-state index contributed by atoms with van der Waals surface area (Å²) in [6, 6.07) is 29.2. The molecule has 1 amide bonds. The normalized spacial score (nSPS) is 17.3. The summed E-state index contributed by atoms with van der Waals surface area (Å²) in [5.41, 5.74) is 2.37. The van der Waals surface area contributed by atoms with Crippen LogP contribution in [-0.2, 0) is 38.8 Å². The molecule has 4 atom stereocenters. The topological polar surface area (TPSA) is 77.2 Å². The smallest absolute Gasteiger partial charge is 0.410 e. The van der Waals surface area contributed by atoms with Gasteiger partial charge in [0.05, 0.1) is 32.5 Å². The lowest BCUT2D eigenvalue weighted by atomic mass is 10.0. The molecule has 7 nitrogen and oxygen atoms in total. The van der Waals surface area contributed by atoms with Gasteiger partial charge in [-0.1, -0.05) is 91.0 Å². The molecule has 0 bridgehead atoms. The van der Waals surface area contributed by atoms with Gasteiger partial charge in [-0.25, -0.2) is 4.79 Å². The van der Waals surface area contributed by atoms with Crippen molar-refractivity contribution in [1.29, 1.82) is 0 Å². The Kier molecular flexibility index (Phi) is 10.1. The fraction of sp³-hybridized carbons (Fsp3) is 0.406. The first-order valence-electron chi connectivity index (χ1n) is 13.4. The number of aliphatic hydroxyl groups excluding tert-OH is 1. The number of carbonyl (C=O) groups excluding carboxylic acids is 1. The van der Waals surface area contributed by atoms with Crippen LogP contribution in [0.2, 0.25) is 0 Å². The first-order chi connectivity index (χ1) is 18.8. The summed E-state index contributed by atoms with van der Waals surface area (Å²) in [5, 5.41) is 10.5. The largest absolute Gasteiger partial charge is 0.444 e. The number of aliphatic hydroxyl groups is 1. The molecule has 3 aromatic rings. The number of carbonyl (C=O) groups is 1. The average Bonchev–Trinajstić information content (AvgIpc) is 3.73. The fourth-order valence-electron chi connectivity index (χ4n) is 4.37. The van der Waals surface area contributed by atoms with E-state index in [-0.39, 0.29) is 12.6 Å². The van der Waals surface area contributed by atoms with Crippen molar-refractivity contribution in [2.24, 2.45) is 0 Å². The van der Waals surface area contributed by atoms with Crippen molar-refractivity contribution in [3.8, 4) is 0 Å². The average molecular weight is 534 g/mol. The summed E-state index contributed by atoms with van der Waals surface area (Å²) in [5.74, 6) is 0. The highest BCUT2D eigenvalue weighted by Crippen LogP contribution is 2.32. The molecule has 39 heavy (non-hydrogen) atoms. The second-order valence-electron chi connectivity index (χ2n) is 10.7. The Balaban J connectivity index is 1.57. The van der Waals surface area contributed by atoms with E-state index in [9.17, 15) is 9.90 Å². The van der Waals surface area contributed by atoms with E-state index in [1.54, 1.807) is 4.90 Å². The lowest BCUT2D eigenvalue weighted by molar-refractivity contribution is -0.163. The Morgan fingerprint density at radius 2 is 1.26 bits per heavy atom. The van der Waals surface area contributed by atoms with E-state index in [4.69, 9.17) is 18.9 Å². The van der Waals surface area contributed by atoms with E-state index in [0.29, 0.717) is 26.4 Å². The summed E-state index contributed by atoms with van der Waals surface area (Å²) in [4.78, 5) is 14.5. The zero-order chi connectivity index (χ0) is 27.7. The van der Waals surface area contributed by atoms with Crippen LogP contribution in [0.4, 0.5) is 4.79 Å². The minimum absolute atomic E-state index is 0.267. The second-order valence-corrected chi connectivity index (χ2v) is 10.7. The van der Waals surface area contributed by atoms with Gasteiger partial charge in [0.15, 0.2) is 0 Å². The van der Waals surface area contributed by atoms with Crippen LogP contribution >= 0.6 is 0 Å². The van der Waals surface area contributed by atoms with Gasteiger partial charge < -0.3 is 24.1 Å². The van der Waals surface area contributed by atoms with Crippen molar-refractivity contribution in [1.82, 2.24) is 4.90 Å². The zero-order valence-corrected chi connectivity index (χ0v) is 22.9. The van der Waals surface area contributed by atoms with Crippen LogP contribution in [0.5, 0.6) is 0 Å². The molecule has 0 spiro atoms. The summed E-state index contributed by atoms with van der Waals surface area (Å²) in [7, 11) is 0. The van der Waals surface area contributed by atoms with Crippen LogP contribution < -0.4 is 0 Å². The van der Waals surface area contributed by atoms with Gasteiger partial charge in [0.2, 0.25) is 0 Å². The molecule has 3 aromatic carbocycles. The summed E-state index contributed by atoms with van der Waals surface area (Å²) in [6.07, 6.45) is -2.29. The Morgan fingerprint density at radius 1 is 0.795 bits per heavy atom. The molecule has 0 aliphatic carbocycles. The van der Waals surface area contributed by atoms with E-state index in [2.05, 4.69) is 0 Å². The van der Waals surface area contributed by atoms with Crippen LogP contribution in [0.25, 0.3) is 0 Å². The molecule has 208 valence electrons. The Hall–Kier alpha value is -3.23. The Bertz CT molecular complexity index is 1140. The molecular weight excluding hydrogens is 494 g/mol. The van der Waals surface area contributed by atoms with Gasteiger partial charge in [-0.2, -0.15) is 0 Å². The first-order valence-corrected chi connectivity index (χ1v) is 13.4. The quantitative estimate of drug-likeness (QED) is 0.298. The van der Waals surface area contributed by atoms with E-state index in [1.807, 2.05) is 112 Å². The molecule has 0 aromatic heterocycles. The van der Waals surface area contributed by atoms with Gasteiger partial charge in [-0.05, 0) is 37.5 Å². The molecule has 1 unspecified atom stereocenters. The molecule has 1 heterocycles. The van der Waals surface area contributed by atoms with E-state index in [0.717, 1.165) is 16.7 Å². The second kappa shape index (κ2) is 13.7. The SMILES string of the molecule is CC(C)(C)OC(=O)N1CC1[C@@H](OCc1ccccc1)[C@H](OCc1ccccc1)[C@H](CO)OCc1ccccc1. The molecule has 0 saturated carbocycles. The number of ether oxygens (including phenoxy) is 4. The van der Waals surface area contributed by atoms with Crippen molar-refractivity contribution in [3.63, 3.8) is 0 Å². The van der Waals surface area contributed by atoms with Gasteiger partial charge >= 0.3 is 6.09 Å². The maximum absolute atomic E-state index is 12.9. The van der Waals surface area contributed by atoms with Gasteiger partial charge in [-0.3, -0.25) is 4.90 Å². The van der Waals surface area contributed by atoms with Crippen LogP contribution in [0.3, 0.4) is 0 Å². The summed E-state index contributed by atoms with van der Waals surface area (Å²) in [6.45, 7) is 6.68. The molecule has 1 saturated heterocycles. The van der Waals surface area contributed by atoms with Crippen LogP contribution in [-0.4, -0.2) is 59.2 Å². The van der Waals surface area contributed by atoms with E-state index >= 15 is 0 Å². The van der Waals surface area contributed by atoms with Crippen LogP contribution in [0, 0.1) is 0 Å². The lowest BCUT2D eigenvalue weighted by Crippen LogP contribution is -2.48. The monoisotopic (exact) mass is 533 g/mol. The molecule has 1 fully saturated rings. The van der Waals surface area contributed by atoms with Crippen molar-refractivity contribution in [3.05, 3.63) is 108 Å². The van der Waals surface area contributed by atoms with E-state index in [1.165, 1.54) is 0 Å². The zero-order valence-electron chi connectivity index (χ0n) is 22.9. The van der Waals surface area contributed by atoms with Crippen molar-refractivity contribution in [2.75, 3.05) is 13.2 Å². The molecule has 1 N–H and O–H groups in total. The van der Waals surface area contributed by atoms with E-state index < -0.39 is 30.0 Å². The van der Waals surface area contributed by atoms with Gasteiger partial charge in [0, 0.05) is 6.54 Å². The number of benzene rings is 3.